The number of esters is 1. The van der Waals surface area contributed by atoms with Crippen LogP contribution in [0.2, 0.25) is 5.02 Å². The van der Waals surface area contributed by atoms with Crippen molar-refractivity contribution in [2.75, 3.05) is 0 Å². The molecule has 0 aliphatic heterocycles. The number of benzene rings is 2. The highest BCUT2D eigenvalue weighted by Crippen LogP contribution is 2.39. The van der Waals surface area contributed by atoms with Crippen molar-refractivity contribution >= 4 is 50.9 Å². The molecule has 0 spiro atoms. The van der Waals surface area contributed by atoms with Gasteiger partial charge in [-0.15, -0.1) is 11.3 Å². The number of aromatic nitrogens is 2. The lowest BCUT2D eigenvalue weighted by Gasteiger charge is -2.12. The van der Waals surface area contributed by atoms with Gasteiger partial charge in [-0.1, -0.05) is 65.8 Å². The van der Waals surface area contributed by atoms with Crippen LogP contribution < -0.4 is 0 Å². The Balaban J connectivity index is 1.55. The molecule has 146 valence electrons. The van der Waals surface area contributed by atoms with E-state index in [0.717, 1.165) is 31.9 Å². The predicted octanol–water partition coefficient (Wildman–Crippen LogP) is 6.24. The number of ether oxygens (including phenoxy) is 1. The fourth-order valence-electron chi connectivity index (χ4n) is 2.84. The standard InChI is InChI=1S/C22H17ClN2O2S2/c1-14(22(26)27-11-15-5-3-2-4-6-15)29-21-19-18(12-28-20(19)24-13-25-21)16-7-9-17(23)10-8-16/h2-10,12-14H,11H2,1H3. The lowest BCUT2D eigenvalue weighted by molar-refractivity contribution is -0.143. The Morgan fingerprint density at radius 1 is 1.14 bits per heavy atom. The summed E-state index contributed by atoms with van der Waals surface area (Å²) in [6.45, 7) is 2.10. The van der Waals surface area contributed by atoms with Crippen LogP contribution in [-0.2, 0) is 16.1 Å². The molecule has 4 nitrogen and oxygen atoms in total. The van der Waals surface area contributed by atoms with Crippen LogP contribution in [0.1, 0.15) is 12.5 Å². The smallest absolute Gasteiger partial charge is 0.319 e. The molecule has 1 unspecified atom stereocenters. The van der Waals surface area contributed by atoms with Crippen LogP contribution in [0.5, 0.6) is 0 Å². The van der Waals surface area contributed by atoms with Gasteiger partial charge < -0.3 is 4.74 Å². The van der Waals surface area contributed by atoms with E-state index in [2.05, 4.69) is 15.3 Å². The van der Waals surface area contributed by atoms with E-state index in [-0.39, 0.29) is 12.6 Å². The Labute approximate surface area is 181 Å². The summed E-state index contributed by atoms with van der Waals surface area (Å²) in [4.78, 5) is 22.2. The van der Waals surface area contributed by atoms with Crippen molar-refractivity contribution in [1.82, 2.24) is 9.97 Å². The number of hydrogen-bond acceptors (Lipinski definition) is 6. The molecule has 0 saturated carbocycles. The van der Waals surface area contributed by atoms with Gasteiger partial charge in [0.2, 0.25) is 0 Å². The Morgan fingerprint density at radius 2 is 1.90 bits per heavy atom. The zero-order valence-corrected chi connectivity index (χ0v) is 17.9. The largest absolute Gasteiger partial charge is 0.460 e. The summed E-state index contributed by atoms with van der Waals surface area (Å²) in [6, 6.07) is 17.3. The van der Waals surface area contributed by atoms with Gasteiger partial charge >= 0.3 is 5.97 Å². The normalized spacial score (nSPS) is 12.1. The molecule has 2 aromatic carbocycles. The second-order valence-corrected chi connectivity index (χ2v) is 8.99. The first-order valence-corrected chi connectivity index (χ1v) is 11.1. The van der Waals surface area contributed by atoms with E-state index in [9.17, 15) is 4.79 Å². The van der Waals surface area contributed by atoms with Crippen LogP contribution >= 0.6 is 34.7 Å². The van der Waals surface area contributed by atoms with Crippen LogP contribution in [0.3, 0.4) is 0 Å². The number of thiophene rings is 1. The molecule has 2 aromatic heterocycles. The number of nitrogens with zero attached hydrogens (tertiary/aromatic N) is 2. The van der Waals surface area contributed by atoms with Gasteiger partial charge in [0.15, 0.2) is 0 Å². The Hall–Kier alpha value is -2.41. The molecule has 29 heavy (non-hydrogen) atoms. The summed E-state index contributed by atoms with van der Waals surface area (Å²) >= 11 is 8.97. The molecule has 4 aromatic rings. The molecule has 4 rings (SSSR count). The van der Waals surface area contributed by atoms with E-state index in [1.165, 1.54) is 18.1 Å². The number of carbonyl (C=O) groups is 1. The first-order chi connectivity index (χ1) is 14.1. The maximum Gasteiger partial charge on any atom is 0.319 e. The minimum absolute atomic E-state index is 0.262. The van der Waals surface area contributed by atoms with Crippen molar-refractivity contribution in [3.05, 3.63) is 76.9 Å². The van der Waals surface area contributed by atoms with E-state index < -0.39 is 5.25 Å². The van der Waals surface area contributed by atoms with E-state index in [1.807, 2.05) is 61.5 Å². The van der Waals surface area contributed by atoms with Crippen molar-refractivity contribution in [3.63, 3.8) is 0 Å². The van der Waals surface area contributed by atoms with Gasteiger partial charge in [-0.2, -0.15) is 0 Å². The number of hydrogen-bond donors (Lipinski definition) is 0. The fraction of sp³-hybridized carbons (Fsp3) is 0.136. The van der Waals surface area contributed by atoms with Gasteiger partial charge in [-0.3, -0.25) is 4.79 Å². The van der Waals surface area contributed by atoms with Crippen molar-refractivity contribution in [2.45, 2.75) is 23.8 Å². The minimum Gasteiger partial charge on any atom is -0.460 e. The van der Waals surface area contributed by atoms with Crippen molar-refractivity contribution < 1.29 is 9.53 Å². The van der Waals surface area contributed by atoms with Gasteiger partial charge in [0.05, 0.1) is 5.39 Å². The Bertz CT molecular complexity index is 1130. The van der Waals surface area contributed by atoms with Crippen molar-refractivity contribution in [2.24, 2.45) is 0 Å². The molecule has 0 amide bonds. The van der Waals surface area contributed by atoms with Gasteiger partial charge in [0.1, 0.15) is 28.0 Å². The molecule has 0 radical (unpaired) electrons. The Morgan fingerprint density at radius 3 is 2.66 bits per heavy atom. The number of halogens is 1. The zero-order valence-electron chi connectivity index (χ0n) is 15.5. The summed E-state index contributed by atoms with van der Waals surface area (Å²) in [7, 11) is 0. The third-order valence-corrected chi connectivity index (χ3v) is 6.55. The van der Waals surface area contributed by atoms with Crippen LogP contribution in [-0.4, -0.2) is 21.2 Å². The topological polar surface area (TPSA) is 52.1 Å². The van der Waals surface area contributed by atoms with Crippen LogP contribution in [0.4, 0.5) is 0 Å². The average molecular weight is 441 g/mol. The zero-order chi connectivity index (χ0) is 20.2. The monoisotopic (exact) mass is 440 g/mol. The number of fused-ring (bicyclic) bond motifs is 1. The highest BCUT2D eigenvalue weighted by Gasteiger charge is 2.21. The first kappa shape index (κ1) is 19.9. The highest BCUT2D eigenvalue weighted by atomic mass is 35.5. The van der Waals surface area contributed by atoms with Gasteiger partial charge in [-0.05, 0) is 30.2 Å². The second-order valence-electron chi connectivity index (χ2n) is 6.37. The maximum absolute atomic E-state index is 12.5. The third kappa shape index (κ3) is 4.61. The molecule has 0 aliphatic carbocycles. The molecule has 2 heterocycles. The first-order valence-electron chi connectivity index (χ1n) is 8.97. The predicted molar refractivity (Wildman–Crippen MR) is 119 cm³/mol. The molecule has 7 heteroatoms. The fourth-order valence-corrected chi connectivity index (χ4v) is 4.88. The maximum atomic E-state index is 12.5. The quantitative estimate of drug-likeness (QED) is 0.202. The third-order valence-electron chi connectivity index (χ3n) is 4.33. The molecule has 0 fully saturated rings. The number of thioether (sulfide) groups is 1. The summed E-state index contributed by atoms with van der Waals surface area (Å²) in [6.07, 6.45) is 1.54. The summed E-state index contributed by atoms with van der Waals surface area (Å²) in [5, 5.41) is 4.08. The van der Waals surface area contributed by atoms with Gasteiger partial charge in [0, 0.05) is 16.0 Å². The summed E-state index contributed by atoms with van der Waals surface area (Å²) in [5.74, 6) is -0.270. The van der Waals surface area contributed by atoms with E-state index >= 15 is 0 Å². The minimum atomic E-state index is -0.394. The van der Waals surface area contributed by atoms with E-state index in [1.54, 1.807) is 11.3 Å². The highest BCUT2D eigenvalue weighted by molar-refractivity contribution is 8.00. The van der Waals surface area contributed by atoms with Crippen molar-refractivity contribution in [1.29, 1.82) is 0 Å². The number of rotatable bonds is 6. The SMILES string of the molecule is CC(Sc1ncnc2scc(-c3ccc(Cl)cc3)c12)C(=O)OCc1ccccc1. The molecule has 0 saturated heterocycles. The molecular formula is C22H17ClN2O2S2. The van der Waals surface area contributed by atoms with Crippen LogP contribution in [0.25, 0.3) is 21.3 Å². The lowest BCUT2D eigenvalue weighted by Crippen LogP contribution is -2.17. The van der Waals surface area contributed by atoms with Gasteiger partial charge in [0.25, 0.3) is 0 Å². The van der Waals surface area contributed by atoms with Crippen LogP contribution in [0.15, 0.2) is 71.3 Å². The van der Waals surface area contributed by atoms with E-state index in [0.29, 0.717) is 5.02 Å². The molecular weight excluding hydrogens is 424 g/mol. The van der Waals surface area contributed by atoms with Crippen molar-refractivity contribution in [3.8, 4) is 11.1 Å². The van der Waals surface area contributed by atoms with E-state index in [4.69, 9.17) is 16.3 Å². The Kier molecular flexibility index (Phi) is 6.13. The molecule has 0 N–H and O–H groups in total. The molecule has 1 atom stereocenters. The van der Waals surface area contributed by atoms with Gasteiger partial charge in [-0.25, -0.2) is 9.97 Å². The lowest BCUT2D eigenvalue weighted by atomic mass is 10.1. The average Bonchev–Trinajstić information content (AvgIpc) is 3.18. The summed E-state index contributed by atoms with van der Waals surface area (Å²) < 4.78 is 5.47. The summed E-state index contributed by atoms with van der Waals surface area (Å²) in [5.41, 5.74) is 3.04. The second kappa shape index (κ2) is 8.95. The molecule has 0 bridgehead atoms. The molecule has 0 aliphatic rings. The number of carbonyl (C=O) groups excluding carboxylic acids is 1. The van der Waals surface area contributed by atoms with Crippen LogP contribution in [0, 0.1) is 0 Å².